The Morgan fingerprint density at radius 3 is 2.47 bits per heavy atom. The zero-order valence-corrected chi connectivity index (χ0v) is 17.6. The molecule has 0 aliphatic rings. The standard InChI is InChI=1S/C24H21N3O2S/c1-15-7-12-21(16(2)13-15)27-23(29)19-5-3-4-6-20(19)26-24(27)30-14-17-8-10-18(11-9-17)22(25)28/h3-13H,14H2,1-2H3,(H2,25,28). The van der Waals surface area contributed by atoms with Gasteiger partial charge in [-0.05, 0) is 55.3 Å². The van der Waals surface area contributed by atoms with Gasteiger partial charge in [0.1, 0.15) is 0 Å². The number of carbonyl (C=O) groups is 1. The third-order valence-corrected chi connectivity index (χ3v) is 5.95. The third-order valence-electron chi connectivity index (χ3n) is 4.94. The predicted octanol–water partition coefficient (Wildman–Crippen LogP) is 4.39. The number of nitrogens with zero attached hydrogens (tertiary/aromatic N) is 2. The maximum atomic E-state index is 13.4. The number of hydrogen-bond acceptors (Lipinski definition) is 4. The quantitative estimate of drug-likeness (QED) is 0.387. The number of nitrogens with two attached hydrogens (primary N) is 1. The van der Waals surface area contributed by atoms with E-state index in [1.54, 1.807) is 16.7 Å². The summed E-state index contributed by atoms with van der Waals surface area (Å²) in [7, 11) is 0. The van der Waals surface area contributed by atoms with Gasteiger partial charge in [-0.15, -0.1) is 0 Å². The molecule has 0 saturated heterocycles. The summed E-state index contributed by atoms with van der Waals surface area (Å²) in [6.07, 6.45) is 0. The number of aryl methyl sites for hydroxylation is 2. The number of carbonyl (C=O) groups excluding carboxylic acids is 1. The zero-order chi connectivity index (χ0) is 21.3. The van der Waals surface area contributed by atoms with Crippen molar-refractivity contribution in [3.8, 4) is 5.69 Å². The number of rotatable bonds is 5. The van der Waals surface area contributed by atoms with Gasteiger partial charge in [0.2, 0.25) is 5.91 Å². The highest BCUT2D eigenvalue weighted by Crippen LogP contribution is 2.26. The van der Waals surface area contributed by atoms with Crippen molar-refractivity contribution < 1.29 is 4.79 Å². The van der Waals surface area contributed by atoms with E-state index in [1.165, 1.54) is 11.8 Å². The Kier molecular flexibility index (Phi) is 5.42. The topological polar surface area (TPSA) is 78.0 Å². The fourth-order valence-electron chi connectivity index (χ4n) is 3.39. The van der Waals surface area contributed by atoms with Gasteiger partial charge in [0.15, 0.2) is 5.16 Å². The van der Waals surface area contributed by atoms with Gasteiger partial charge in [-0.3, -0.25) is 14.2 Å². The molecule has 0 atom stereocenters. The van der Waals surface area contributed by atoms with Crippen LogP contribution in [0.2, 0.25) is 0 Å². The van der Waals surface area contributed by atoms with Crippen LogP contribution in [0.3, 0.4) is 0 Å². The molecule has 2 N–H and O–H groups in total. The lowest BCUT2D eigenvalue weighted by atomic mass is 10.1. The van der Waals surface area contributed by atoms with Crippen LogP contribution in [0.5, 0.6) is 0 Å². The molecule has 3 aromatic carbocycles. The molecule has 1 heterocycles. The molecular weight excluding hydrogens is 394 g/mol. The van der Waals surface area contributed by atoms with Crippen molar-refractivity contribution in [2.45, 2.75) is 24.8 Å². The predicted molar refractivity (Wildman–Crippen MR) is 121 cm³/mol. The van der Waals surface area contributed by atoms with Crippen LogP contribution in [0, 0.1) is 13.8 Å². The molecule has 0 unspecified atom stereocenters. The molecule has 4 aromatic rings. The van der Waals surface area contributed by atoms with Crippen molar-refractivity contribution in [1.29, 1.82) is 0 Å². The Morgan fingerprint density at radius 1 is 1.03 bits per heavy atom. The van der Waals surface area contributed by atoms with Crippen LogP contribution in [-0.4, -0.2) is 15.5 Å². The highest BCUT2D eigenvalue weighted by Gasteiger charge is 2.15. The van der Waals surface area contributed by atoms with Gasteiger partial charge >= 0.3 is 0 Å². The number of hydrogen-bond donors (Lipinski definition) is 1. The largest absolute Gasteiger partial charge is 0.366 e. The SMILES string of the molecule is Cc1ccc(-n2c(SCc3ccc(C(N)=O)cc3)nc3ccccc3c2=O)c(C)c1. The molecule has 150 valence electrons. The van der Waals surface area contributed by atoms with E-state index in [1.807, 2.05) is 62.4 Å². The van der Waals surface area contributed by atoms with E-state index < -0.39 is 5.91 Å². The average molecular weight is 416 g/mol. The van der Waals surface area contributed by atoms with Crippen LogP contribution < -0.4 is 11.3 Å². The van der Waals surface area contributed by atoms with E-state index in [9.17, 15) is 9.59 Å². The smallest absolute Gasteiger partial charge is 0.266 e. The van der Waals surface area contributed by atoms with E-state index >= 15 is 0 Å². The van der Waals surface area contributed by atoms with Crippen molar-refractivity contribution in [2.24, 2.45) is 5.73 Å². The fourth-order valence-corrected chi connectivity index (χ4v) is 4.35. The Balaban J connectivity index is 1.79. The van der Waals surface area contributed by atoms with Gasteiger partial charge in [0.05, 0.1) is 16.6 Å². The summed E-state index contributed by atoms with van der Waals surface area (Å²) in [5.41, 5.74) is 10.4. The zero-order valence-electron chi connectivity index (χ0n) is 16.8. The normalized spacial score (nSPS) is 11.0. The molecular formula is C24H21N3O2S. The van der Waals surface area contributed by atoms with Crippen molar-refractivity contribution in [3.63, 3.8) is 0 Å². The number of benzene rings is 3. The lowest BCUT2D eigenvalue weighted by Crippen LogP contribution is -2.22. The first-order chi connectivity index (χ1) is 14.4. The number of fused-ring (bicyclic) bond motifs is 1. The van der Waals surface area contributed by atoms with Gasteiger partial charge < -0.3 is 5.73 Å². The fraction of sp³-hybridized carbons (Fsp3) is 0.125. The number of para-hydroxylation sites is 1. The second kappa shape index (κ2) is 8.16. The Morgan fingerprint density at radius 2 is 1.77 bits per heavy atom. The second-order valence-corrected chi connectivity index (χ2v) is 8.13. The molecule has 30 heavy (non-hydrogen) atoms. The Labute approximate surface area is 178 Å². The molecule has 5 nitrogen and oxygen atoms in total. The van der Waals surface area contributed by atoms with Crippen molar-refractivity contribution in [3.05, 3.63) is 99.3 Å². The van der Waals surface area contributed by atoms with E-state index in [4.69, 9.17) is 10.7 Å². The summed E-state index contributed by atoms with van der Waals surface area (Å²) < 4.78 is 1.69. The first-order valence-corrected chi connectivity index (χ1v) is 10.5. The highest BCUT2D eigenvalue weighted by molar-refractivity contribution is 7.98. The lowest BCUT2D eigenvalue weighted by molar-refractivity contribution is 0.100. The van der Waals surface area contributed by atoms with E-state index in [-0.39, 0.29) is 5.56 Å². The van der Waals surface area contributed by atoms with Gasteiger partial charge in [0.25, 0.3) is 5.56 Å². The minimum absolute atomic E-state index is 0.0841. The van der Waals surface area contributed by atoms with Crippen molar-refractivity contribution >= 4 is 28.6 Å². The van der Waals surface area contributed by atoms with E-state index in [2.05, 4.69) is 6.07 Å². The molecule has 6 heteroatoms. The van der Waals surface area contributed by atoms with Crippen LogP contribution in [0.15, 0.2) is 76.7 Å². The van der Waals surface area contributed by atoms with E-state index in [0.29, 0.717) is 27.4 Å². The Bertz CT molecular complexity index is 1310. The first-order valence-electron chi connectivity index (χ1n) is 9.55. The maximum absolute atomic E-state index is 13.4. The number of primary amides is 1. The summed E-state index contributed by atoms with van der Waals surface area (Å²) in [6, 6.07) is 20.6. The van der Waals surface area contributed by atoms with Crippen LogP contribution in [0.1, 0.15) is 27.0 Å². The molecule has 0 aliphatic carbocycles. The summed E-state index contributed by atoms with van der Waals surface area (Å²) in [5.74, 6) is 0.156. The molecule has 1 aromatic heterocycles. The minimum atomic E-state index is -0.450. The van der Waals surface area contributed by atoms with Crippen LogP contribution in [0.25, 0.3) is 16.6 Å². The molecule has 0 spiro atoms. The molecule has 0 saturated carbocycles. The lowest BCUT2D eigenvalue weighted by Gasteiger charge is -2.15. The summed E-state index contributed by atoms with van der Waals surface area (Å²) in [6.45, 7) is 4.03. The molecule has 0 radical (unpaired) electrons. The maximum Gasteiger partial charge on any atom is 0.266 e. The van der Waals surface area contributed by atoms with Crippen LogP contribution in [0.4, 0.5) is 0 Å². The van der Waals surface area contributed by atoms with Gasteiger partial charge in [0, 0.05) is 11.3 Å². The van der Waals surface area contributed by atoms with Crippen molar-refractivity contribution in [1.82, 2.24) is 9.55 Å². The van der Waals surface area contributed by atoms with Gasteiger partial charge in [-0.1, -0.05) is 53.7 Å². The van der Waals surface area contributed by atoms with Gasteiger partial charge in [-0.2, -0.15) is 0 Å². The molecule has 4 rings (SSSR count). The molecule has 1 amide bonds. The highest BCUT2D eigenvalue weighted by atomic mass is 32.2. The number of thioether (sulfide) groups is 1. The third kappa shape index (κ3) is 3.86. The summed E-state index contributed by atoms with van der Waals surface area (Å²) in [5, 5.41) is 1.22. The second-order valence-electron chi connectivity index (χ2n) is 7.19. The number of amides is 1. The molecule has 0 aliphatic heterocycles. The molecule has 0 fully saturated rings. The van der Waals surface area contributed by atoms with Crippen molar-refractivity contribution in [2.75, 3.05) is 0 Å². The average Bonchev–Trinajstić information content (AvgIpc) is 2.73. The summed E-state index contributed by atoms with van der Waals surface area (Å²) in [4.78, 5) is 29.4. The van der Waals surface area contributed by atoms with E-state index in [0.717, 1.165) is 22.4 Å². The van der Waals surface area contributed by atoms with Gasteiger partial charge in [-0.25, -0.2) is 4.98 Å². The molecule has 0 bridgehead atoms. The van der Waals surface area contributed by atoms with Crippen LogP contribution >= 0.6 is 11.8 Å². The van der Waals surface area contributed by atoms with Crippen LogP contribution in [-0.2, 0) is 5.75 Å². The Hall–Kier alpha value is -3.38. The number of aromatic nitrogens is 2. The first kappa shape index (κ1) is 19.9. The summed E-state index contributed by atoms with van der Waals surface area (Å²) >= 11 is 1.49. The monoisotopic (exact) mass is 415 g/mol. The minimum Gasteiger partial charge on any atom is -0.366 e.